The summed E-state index contributed by atoms with van der Waals surface area (Å²) < 4.78 is 21.1. The van der Waals surface area contributed by atoms with E-state index in [4.69, 9.17) is 17.0 Å². The van der Waals surface area contributed by atoms with Crippen molar-refractivity contribution in [3.05, 3.63) is 22.7 Å². The summed E-state index contributed by atoms with van der Waals surface area (Å²) in [5.41, 5.74) is 1.58. The van der Waals surface area contributed by atoms with Crippen LogP contribution >= 0.6 is 24.0 Å². The fraction of sp³-hybridized carbons (Fsp3) is 0.364. The molecular weight excluding hydrogens is 259 g/mol. The average molecular weight is 272 g/mol. The van der Waals surface area contributed by atoms with Gasteiger partial charge in [-0.25, -0.2) is 4.39 Å². The molecule has 0 aliphatic heterocycles. The van der Waals surface area contributed by atoms with E-state index in [1.54, 1.807) is 17.8 Å². The second kappa shape index (κ2) is 5.10. The molecule has 1 heterocycles. The van der Waals surface area contributed by atoms with Crippen molar-refractivity contribution in [1.29, 1.82) is 0 Å². The molecule has 3 nitrogen and oxygen atoms in total. The third-order valence-electron chi connectivity index (χ3n) is 2.57. The number of imidazole rings is 1. The van der Waals surface area contributed by atoms with Gasteiger partial charge < -0.3 is 14.3 Å². The maximum absolute atomic E-state index is 13.5. The van der Waals surface area contributed by atoms with E-state index in [1.165, 1.54) is 13.2 Å². The van der Waals surface area contributed by atoms with E-state index in [1.807, 2.05) is 10.8 Å². The number of aromatic amines is 1. The molecule has 1 aromatic carbocycles. The van der Waals surface area contributed by atoms with Crippen LogP contribution in [0.4, 0.5) is 4.39 Å². The SMILES string of the molecule is COc1cc2c(cc1F)[nH]c(=S)n2CCSC. The fourth-order valence-corrected chi connectivity index (χ4v) is 2.38. The number of methoxy groups -OCH3 is 1. The van der Waals surface area contributed by atoms with Crippen molar-refractivity contribution in [3.63, 3.8) is 0 Å². The maximum Gasteiger partial charge on any atom is 0.178 e. The van der Waals surface area contributed by atoms with Gasteiger partial charge in [0.2, 0.25) is 0 Å². The van der Waals surface area contributed by atoms with Crippen molar-refractivity contribution in [2.24, 2.45) is 0 Å². The first-order chi connectivity index (χ1) is 8.17. The molecule has 0 bridgehead atoms. The Balaban J connectivity index is 2.59. The number of hydrogen-bond acceptors (Lipinski definition) is 3. The maximum atomic E-state index is 13.5. The molecule has 0 aliphatic rings. The Morgan fingerprint density at radius 3 is 2.94 bits per heavy atom. The summed E-state index contributed by atoms with van der Waals surface area (Å²) in [5.74, 6) is 0.818. The number of halogens is 1. The molecular formula is C11H13FN2OS2. The van der Waals surface area contributed by atoms with Crippen molar-refractivity contribution in [2.75, 3.05) is 19.1 Å². The molecule has 0 saturated heterocycles. The Bertz CT molecular complexity index is 591. The summed E-state index contributed by atoms with van der Waals surface area (Å²) in [5, 5.41) is 0. The van der Waals surface area contributed by atoms with Crippen molar-refractivity contribution >= 4 is 35.0 Å². The van der Waals surface area contributed by atoms with E-state index in [2.05, 4.69) is 4.98 Å². The van der Waals surface area contributed by atoms with Crippen LogP contribution in [0.5, 0.6) is 5.75 Å². The lowest BCUT2D eigenvalue weighted by atomic mass is 10.3. The van der Waals surface area contributed by atoms with Crippen LogP contribution in [-0.4, -0.2) is 28.7 Å². The van der Waals surface area contributed by atoms with Crippen LogP contribution in [0.1, 0.15) is 0 Å². The zero-order valence-electron chi connectivity index (χ0n) is 9.62. The van der Waals surface area contributed by atoms with Crippen LogP contribution in [0.25, 0.3) is 11.0 Å². The van der Waals surface area contributed by atoms with Gasteiger partial charge in [0, 0.05) is 24.4 Å². The van der Waals surface area contributed by atoms with E-state index in [9.17, 15) is 4.39 Å². The molecule has 0 radical (unpaired) electrons. The number of nitrogens with one attached hydrogen (secondary N) is 1. The van der Waals surface area contributed by atoms with Crippen molar-refractivity contribution < 1.29 is 9.13 Å². The highest BCUT2D eigenvalue weighted by Gasteiger charge is 2.10. The second-order valence-corrected chi connectivity index (χ2v) is 4.95. The molecule has 0 fully saturated rings. The molecule has 0 unspecified atom stereocenters. The topological polar surface area (TPSA) is 29.9 Å². The Morgan fingerprint density at radius 2 is 2.29 bits per heavy atom. The van der Waals surface area contributed by atoms with Crippen LogP contribution in [-0.2, 0) is 6.54 Å². The molecule has 0 spiro atoms. The van der Waals surface area contributed by atoms with Gasteiger partial charge in [-0.2, -0.15) is 11.8 Å². The molecule has 92 valence electrons. The zero-order valence-corrected chi connectivity index (χ0v) is 11.3. The second-order valence-electron chi connectivity index (χ2n) is 3.58. The van der Waals surface area contributed by atoms with Gasteiger partial charge in [-0.1, -0.05) is 0 Å². The molecule has 17 heavy (non-hydrogen) atoms. The highest BCUT2D eigenvalue weighted by molar-refractivity contribution is 7.98. The van der Waals surface area contributed by atoms with E-state index in [-0.39, 0.29) is 11.6 Å². The molecule has 1 aromatic heterocycles. The third kappa shape index (κ3) is 2.32. The highest BCUT2D eigenvalue weighted by Crippen LogP contribution is 2.24. The Kier molecular flexibility index (Phi) is 3.73. The number of nitrogens with zero attached hydrogens (tertiary/aromatic N) is 1. The summed E-state index contributed by atoms with van der Waals surface area (Å²) in [6.07, 6.45) is 2.04. The van der Waals surface area contributed by atoms with E-state index in [0.717, 1.165) is 17.8 Å². The quantitative estimate of drug-likeness (QED) is 0.867. The number of ether oxygens (including phenoxy) is 1. The Hall–Kier alpha value is -1.01. The number of H-pyrrole nitrogens is 1. The van der Waals surface area contributed by atoms with Crippen molar-refractivity contribution in [1.82, 2.24) is 9.55 Å². The van der Waals surface area contributed by atoms with Crippen LogP contribution < -0.4 is 4.74 Å². The van der Waals surface area contributed by atoms with Gasteiger partial charge in [-0.05, 0) is 18.5 Å². The van der Waals surface area contributed by atoms with Gasteiger partial charge in [0.25, 0.3) is 0 Å². The zero-order chi connectivity index (χ0) is 12.4. The predicted octanol–water partition coefficient (Wildman–Crippen LogP) is 3.21. The molecule has 0 aliphatic carbocycles. The Morgan fingerprint density at radius 1 is 1.53 bits per heavy atom. The third-order valence-corrected chi connectivity index (χ3v) is 3.48. The number of hydrogen-bond donors (Lipinski definition) is 1. The number of rotatable bonds is 4. The minimum Gasteiger partial charge on any atom is -0.494 e. The fourth-order valence-electron chi connectivity index (χ4n) is 1.72. The molecule has 6 heteroatoms. The largest absolute Gasteiger partial charge is 0.494 e. The first kappa shape index (κ1) is 12.4. The Labute approximate surface area is 108 Å². The molecule has 1 N–H and O–H groups in total. The van der Waals surface area contributed by atoms with Gasteiger partial charge in [0.1, 0.15) is 0 Å². The van der Waals surface area contributed by atoms with Crippen molar-refractivity contribution in [3.8, 4) is 5.75 Å². The first-order valence-corrected chi connectivity index (χ1v) is 6.92. The lowest BCUT2D eigenvalue weighted by Crippen LogP contribution is -2.00. The average Bonchev–Trinajstić information content (AvgIpc) is 2.60. The molecule has 0 atom stereocenters. The van der Waals surface area contributed by atoms with Crippen molar-refractivity contribution in [2.45, 2.75) is 6.54 Å². The minimum absolute atomic E-state index is 0.240. The summed E-state index contributed by atoms with van der Waals surface area (Å²) in [6.45, 7) is 0.800. The molecule has 0 amide bonds. The summed E-state index contributed by atoms with van der Waals surface area (Å²) in [6, 6.07) is 3.09. The number of fused-ring (bicyclic) bond motifs is 1. The lowest BCUT2D eigenvalue weighted by Gasteiger charge is -2.05. The van der Waals surface area contributed by atoms with Crippen LogP contribution in [0.15, 0.2) is 12.1 Å². The summed E-state index contributed by atoms with van der Waals surface area (Å²) in [7, 11) is 1.46. The van der Waals surface area contributed by atoms with Gasteiger partial charge in [-0.15, -0.1) is 0 Å². The van der Waals surface area contributed by atoms with Crippen LogP contribution in [0.2, 0.25) is 0 Å². The lowest BCUT2D eigenvalue weighted by molar-refractivity contribution is 0.387. The van der Waals surface area contributed by atoms with E-state index < -0.39 is 0 Å². The van der Waals surface area contributed by atoms with E-state index >= 15 is 0 Å². The van der Waals surface area contributed by atoms with E-state index in [0.29, 0.717) is 10.3 Å². The minimum atomic E-state index is -0.381. The van der Waals surface area contributed by atoms with Gasteiger partial charge in [0.05, 0.1) is 18.1 Å². The summed E-state index contributed by atoms with van der Waals surface area (Å²) in [4.78, 5) is 3.00. The molecule has 2 rings (SSSR count). The van der Waals surface area contributed by atoms with Gasteiger partial charge in [-0.3, -0.25) is 0 Å². The highest BCUT2D eigenvalue weighted by atomic mass is 32.2. The van der Waals surface area contributed by atoms with Gasteiger partial charge >= 0.3 is 0 Å². The van der Waals surface area contributed by atoms with Gasteiger partial charge in [0.15, 0.2) is 16.3 Å². The normalized spacial score (nSPS) is 11.0. The summed E-state index contributed by atoms with van der Waals surface area (Å²) >= 11 is 6.97. The van der Waals surface area contributed by atoms with Crippen LogP contribution in [0.3, 0.4) is 0 Å². The number of thioether (sulfide) groups is 1. The standard InChI is InChI=1S/C11H13FN2OS2/c1-15-10-6-9-8(5-7(10)12)13-11(16)14(9)3-4-17-2/h5-6H,3-4H2,1-2H3,(H,13,16). The molecule has 2 aromatic rings. The predicted molar refractivity (Wildman–Crippen MR) is 72.0 cm³/mol. The monoisotopic (exact) mass is 272 g/mol. The number of aryl methyl sites for hydroxylation is 1. The smallest absolute Gasteiger partial charge is 0.178 e. The van der Waals surface area contributed by atoms with Crippen LogP contribution in [0, 0.1) is 10.6 Å². The number of benzene rings is 1. The number of aromatic nitrogens is 2. The first-order valence-electron chi connectivity index (χ1n) is 5.12. The molecule has 0 saturated carbocycles.